The minimum absolute atomic E-state index is 0.128. The maximum atomic E-state index is 11.9. The van der Waals surface area contributed by atoms with Crippen molar-refractivity contribution in [2.45, 2.75) is 57.0 Å². The summed E-state index contributed by atoms with van der Waals surface area (Å²) in [6.07, 6.45) is 6.54. The van der Waals surface area contributed by atoms with E-state index in [4.69, 9.17) is 9.47 Å². The van der Waals surface area contributed by atoms with Gasteiger partial charge in [0.25, 0.3) is 0 Å². The van der Waals surface area contributed by atoms with Crippen LogP contribution in [0.15, 0.2) is 0 Å². The van der Waals surface area contributed by atoms with Gasteiger partial charge in [0, 0.05) is 19.8 Å². The number of methoxy groups -OCH3 is 2. The second-order valence-electron chi connectivity index (χ2n) is 5.66. The summed E-state index contributed by atoms with van der Waals surface area (Å²) in [5.74, 6) is 2.18. The van der Waals surface area contributed by atoms with Gasteiger partial charge in [-0.1, -0.05) is 6.42 Å². The maximum Gasteiger partial charge on any atom is 0.325 e. The molecule has 1 saturated carbocycles. The van der Waals surface area contributed by atoms with E-state index in [-0.39, 0.29) is 5.97 Å². The first kappa shape index (κ1) is 17.8. The molecule has 0 aromatic heterocycles. The van der Waals surface area contributed by atoms with Crippen molar-refractivity contribution in [2.75, 3.05) is 32.3 Å². The van der Waals surface area contributed by atoms with Crippen LogP contribution in [-0.4, -0.2) is 49.9 Å². The van der Waals surface area contributed by atoms with Crippen molar-refractivity contribution < 1.29 is 14.3 Å². The van der Waals surface area contributed by atoms with Crippen LogP contribution in [0.3, 0.4) is 0 Å². The van der Waals surface area contributed by atoms with Gasteiger partial charge in [0.15, 0.2) is 0 Å². The van der Waals surface area contributed by atoms with Crippen LogP contribution in [0.25, 0.3) is 0 Å². The number of hydrogen-bond donors (Lipinski definition) is 1. The van der Waals surface area contributed by atoms with Gasteiger partial charge in [-0.25, -0.2) is 0 Å². The summed E-state index contributed by atoms with van der Waals surface area (Å²) >= 11 is 1.97. The van der Waals surface area contributed by atoms with Crippen LogP contribution in [0.5, 0.6) is 0 Å². The molecule has 1 fully saturated rings. The van der Waals surface area contributed by atoms with Gasteiger partial charge in [0.1, 0.15) is 5.54 Å². The van der Waals surface area contributed by atoms with Crippen molar-refractivity contribution in [1.82, 2.24) is 5.32 Å². The minimum atomic E-state index is -0.503. The van der Waals surface area contributed by atoms with Crippen molar-refractivity contribution in [3.8, 4) is 0 Å². The maximum absolute atomic E-state index is 11.9. The predicted octanol–water partition coefficient (Wildman–Crippen LogP) is 2.61. The molecule has 1 N–H and O–H groups in total. The molecule has 0 aliphatic heterocycles. The quantitative estimate of drug-likeness (QED) is 0.443. The summed E-state index contributed by atoms with van der Waals surface area (Å²) in [5, 5.41) is 3.44. The minimum Gasteiger partial charge on any atom is -0.468 e. The number of rotatable bonds is 12. The van der Waals surface area contributed by atoms with Crippen LogP contribution in [0.1, 0.15) is 45.4 Å². The number of carbonyl (C=O) groups excluding carboxylic acids is 1. The summed E-state index contributed by atoms with van der Waals surface area (Å²) in [4.78, 5) is 11.9. The Morgan fingerprint density at radius 1 is 1.25 bits per heavy atom. The van der Waals surface area contributed by atoms with Gasteiger partial charge in [-0.2, -0.15) is 11.8 Å². The van der Waals surface area contributed by atoms with E-state index in [0.29, 0.717) is 6.04 Å². The van der Waals surface area contributed by atoms with E-state index >= 15 is 0 Å². The van der Waals surface area contributed by atoms with Crippen LogP contribution in [0, 0.1) is 0 Å². The SMILES string of the molecule is COCCCSCCCCC(C)(NC1CC1)C(=O)OC. The Labute approximate surface area is 127 Å². The molecule has 1 unspecified atom stereocenters. The Bertz CT molecular complexity index is 284. The van der Waals surface area contributed by atoms with E-state index in [0.717, 1.165) is 43.8 Å². The molecule has 5 heteroatoms. The zero-order chi connectivity index (χ0) is 14.8. The van der Waals surface area contributed by atoms with E-state index in [1.165, 1.54) is 20.0 Å². The van der Waals surface area contributed by atoms with Crippen molar-refractivity contribution in [1.29, 1.82) is 0 Å². The van der Waals surface area contributed by atoms with Crippen LogP contribution in [0.4, 0.5) is 0 Å². The van der Waals surface area contributed by atoms with Gasteiger partial charge in [0.2, 0.25) is 0 Å². The van der Waals surface area contributed by atoms with E-state index in [2.05, 4.69) is 5.32 Å². The van der Waals surface area contributed by atoms with Crippen molar-refractivity contribution in [3.63, 3.8) is 0 Å². The summed E-state index contributed by atoms with van der Waals surface area (Å²) in [5.41, 5.74) is -0.503. The van der Waals surface area contributed by atoms with E-state index in [1.54, 1.807) is 7.11 Å². The van der Waals surface area contributed by atoms with Gasteiger partial charge >= 0.3 is 5.97 Å². The number of thioether (sulfide) groups is 1. The predicted molar refractivity (Wildman–Crippen MR) is 84.2 cm³/mol. The highest BCUT2D eigenvalue weighted by molar-refractivity contribution is 7.99. The highest BCUT2D eigenvalue weighted by Crippen LogP contribution is 2.26. The summed E-state index contributed by atoms with van der Waals surface area (Å²) in [7, 11) is 3.21. The average Bonchev–Trinajstić information content (AvgIpc) is 3.24. The number of carbonyl (C=O) groups is 1. The topological polar surface area (TPSA) is 47.6 Å². The van der Waals surface area contributed by atoms with Crippen molar-refractivity contribution in [3.05, 3.63) is 0 Å². The third kappa shape index (κ3) is 6.95. The van der Waals surface area contributed by atoms with Gasteiger partial charge in [-0.05, 0) is 50.5 Å². The molecule has 4 nitrogen and oxygen atoms in total. The van der Waals surface area contributed by atoms with E-state index < -0.39 is 5.54 Å². The first-order valence-corrected chi connectivity index (χ1v) is 8.70. The molecule has 1 rings (SSSR count). The van der Waals surface area contributed by atoms with Gasteiger partial charge < -0.3 is 9.47 Å². The molecule has 0 radical (unpaired) electrons. The molecular formula is C15H29NO3S. The molecule has 0 aromatic rings. The van der Waals surface area contributed by atoms with Crippen molar-refractivity contribution >= 4 is 17.7 Å². The summed E-state index contributed by atoms with van der Waals surface area (Å²) in [6.45, 7) is 2.82. The fourth-order valence-electron chi connectivity index (χ4n) is 2.23. The Hall–Kier alpha value is -0.260. The zero-order valence-electron chi connectivity index (χ0n) is 13.1. The Balaban J connectivity index is 2.13. The fourth-order valence-corrected chi connectivity index (χ4v) is 3.16. The number of hydrogen-bond acceptors (Lipinski definition) is 5. The standard InChI is InChI=1S/C15H29NO3S/c1-15(14(17)19-3,16-13-7-8-13)9-4-5-11-20-12-6-10-18-2/h13,16H,4-12H2,1-3H3. The normalized spacial score (nSPS) is 17.8. The largest absolute Gasteiger partial charge is 0.468 e. The highest BCUT2D eigenvalue weighted by atomic mass is 32.2. The smallest absolute Gasteiger partial charge is 0.325 e. The third-order valence-electron chi connectivity index (χ3n) is 3.59. The number of nitrogens with one attached hydrogen (secondary N) is 1. The molecule has 0 amide bonds. The molecule has 20 heavy (non-hydrogen) atoms. The Morgan fingerprint density at radius 2 is 1.95 bits per heavy atom. The monoisotopic (exact) mass is 303 g/mol. The molecule has 1 aliphatic rings. The molecule has 0 heterocycles. The second kappa shape index (κ2) is 9.64. The summed E-state index contributed by atoms with van der Waals surface area (Å²) < 4.78 is 9.97. The average molecular weight is 303 g/mol. The molecule has 0 spiro atoms. The molecular weight excluding hydrogens is 274 g/mol. The molecule has 1 aliphatic carbocycles. The molecule has 0 aromatic carbocycles. The Morgan fingerprint density at radius 3 is 2.55 bits per heavy atom. The number of ether oxygens (including phenoxy) is 2. The van der Waals surface area contributed by atoms with Gasteiger partial charge in [-0.3, -0.25) is 10.1 Å². The lowest BCUT2D eigenvalue weighted by molar-refractivity contribution is -0.148. The molecule has 1 atom stereocenters. The van der Waals surface area contributed by atoms with Crippen LogP contribution < -0.4 is 5.32 Å². The molecule has 0 saturated heterocycles. The second-order valence-corrected chi connectivity index (χ2v) is 6.88. The van der Waals surface area contributed by atoms with Crippen molar-refractivity contribution in [2.24, 2.45) is 0 Å². The van der Waals surface area contributed by atoms with Crippen LogP contribution in [-0.2, 0) is 14.3 Å². The van der Waals surface area contributed by atoms with E-state index in [9.17, 15) is 4.79 Å². The summed E-state index contributed by atoms with van der Waals surface area (Å²) in [6, 6.07) is 0.516. The lowest BCUT2D eigenvalue weighted by Gasteiger charge is -2.28. The fraction of sp³-hybridized carbons (Fsp3) is 0.933. The highest BCUT2D eigenvalue weighted by Gasteiger charge is 2.38. The number of unbranched alkanes of at least 4 members (excludes halogenated alkanes) is 1. The van der Waals surface area contributed by atoms with E-state index in [1.807, 2.05) is 18.7 Å². The van der Waals surface area contributed by atoms with Crippen LogP contribution >= 0.6 is 11.8 Å². The third-order valence-corrected chi connectivity index (χ3v) is 4.74. The lowest BCUT2D eigenvalue weighted by Crippen LogP contribution is -2.51. The zero-order valence-corrected chi connectivity index (χ0v) is 13.9. The van der Waals surface area contributed by atoms with Gasteiger partial charge in [0.05, 0.1) is 7.11 Å². The number of esters is 1. The first-order valence-electron chi connectivity index (χ1n) is 7.55. The van der Waals surface area contributed by atoms with Gasteiger partial charge in [-0.15, -0.1) is 0 Å². The Kier molecular flexibility index (Phi) is 8.57. The molecule has 0 bridgehead atoms. The lowest BCUT2D eigenvalue weighted by atomic mass is 9.95. The van der Waals surface area contributed by atoms with Crippen LogP contribution in [0.2, 0.25) is 0 Å². The molecule has 118 valence electrons. The first-order chi connectivity index (χ1) is 9.62.